The zero-order valence-corrected chi connectivity index (χ0v) is 20.5. The van der Waals surface area contributed by atoms with Crippen LogP contribution in [0.4, 0.5) is 11.4 Å². The van der Waals surface area contributed by atoms with E-state index in [2.05, 4.69) is 5.32 Å². The van der Waals surface area contributed by atoms with Crippen molar-refractivity contribution >= 4 is 33.2 Å². The van der Waals surface area contributed by atoms with Gasteiger partial charge in [0.2, 0.25) is 21.8 Å². The molecule has 2 aromatic rings. The van der Waals surface area contributed by atoms with Gasteiger partial charge in [0.15, 0.2) is 0 Å². The summed E-state index contributed by atoms with van der Waals surface area (Å²) in [5.41, 5.74) is 1.15. The summed E-state index contributed by atoms with van der Waals surface area (Å²) in [6.45, 7) is 2.76. The molecule has 2 amide bonds. The van der Waals surface area contributed by atoms with Crippen LogP contribution >= 0.6 is 0 Å². The number of nitro benzene ring substituents is 1. The molecule has 0 spiro atoms. The number of likely N-dealkylation sites (N-methyl/N-ethyl adjacent to an activating group) is 1. The summed E-state index contributed by atoms with van der Waals surface area (Å²) in [6, 6.07) is 9.85. The van der Waals surface area contributed by atoms with Crippen molar-refractivity contribution in [3.05, 3.63) is 63.7 Å². The van der Waals surface area contributed by atoms with E-state index in [9.17, 15) is 28.1 Å². The Morgan fingerprint density at radius 2 is 1.85 bits per heavy atom. The highest BCUT2D eigenvalue weighted by molar-refractivity contribution is 7.92. The molecule has 0 saturated carbocycles. The molecule has 0 unspecified atom stereocenters. The van der Waals surface area contributed by atoms with Crippen molar-refractivity contribution in [1.29, 1.82) is 0 Å². The highest BCUT2D eigenvalue weighted by Crippen LogP contribution is 2.33. The minimum Gasteiger partial charge on any atom is -0.495 e. The number of methoxy groups -OCH3 is 1. The van der Waals surface area contributed by atoms with Gasteiger partial charge in [-0.3, -0.25) is 24.0 Å². The lowest BCUT2D eigenvalue weighted by atomic mass is 10.1. The summed E-state index contributed by atoms with van der Waals surface area (Å²) in [7, 11) is -1.35. The molecule has 34 heavy (non-hydrogen) atoms. The number of nitro groups is 1. The molecule has 11 nitrogen and oxygen atoms in total. The first-order valence-electron chi connectivity index (χ1n) is 10.3. The van der Waals surface area contributed by atoms with Crippen molar-refractivity contribution in [2.75, 3.05) is 31.3 Å². The van der Waals surface area contributed by atoms with E-state index in [1.807, 2.05) is 25.1 Å². The SMILES string of the molecule is CNC(=O)[C@@H](C)N(Cc1ccccc1C)C(=O)CN(c1cc([N+](=O)[O-])ccc1OC)S(C)(=O)=O. The first-order chi connectivity index (χ1) is 15.9. The number of carbonyl (C=O) groups excluding carboxylic acids is 2. The van der Waals surface area contributed by atoms with Gasteiger partial charge in [-0.1, -0.05) is 24.3 Å². The maximum atomic E-state index is 13.4. The van der Waals surface area contributed by atoms with Crippen LogP contribution in [-0.4, -0.2) is 63.1 Å². The Morgan fingerprint density at radius 1 is 1.21 bits per heavy atom. The zero-order valence-electron chi connectivity index (χ0n) is 19.6. The molecule has 0 aromatic heterocycles. The topological polar surface area (TPSA) is 139 Å². The van der Waals surface area contributed by atoms with Gasteiger partial charge in [0, 0.05) is 25.7 Å². The molecule has 0 saturated heterocycles. The van der Waals surface area contributed by atoms with Gasteiger partial charge >= 0.3 is 0 Å². The van der Waals surface area contributed by atoms with Crippen LogP contribution < -0.4 is 14.4 Å². The van der Waals surface area contributed by atoms with Crippen molar-refractivity contribution in [1.82, 2.24) is 10.2 Å². The fourth-order valence-corrected chi connectivity index (χ4v) is 4.19. The number of carbonyl (C=O) groups is 2. The van der Waals surface area contributed by atoms with Crippen molar-refractivity contribution in [3.63, 3.8) is 0 Å². The second-order valence-corrected chi connectivity index (χ2v) is 9.53. The predicted octanol–water partition coefficient (Wildman–Crippen LogP) is 1.84. The number of nitrogens with zero attached hydrogens (tertiary/aromatic N) is 3. The molecular weight excluding hydrogens is 464 g/mol. The standard InChI is InChI=1S/C22H28N4O7S/c1-15-8-6-7-9-17(15)13-24(16(2)22(28)23-3)21(27)14-25(34(5,31)32)19-12-18(26(29)30)10-11-20(19)33-4/h6-12,16H,13-14H2,1-5H3,(H,23,28)/t16-/m1/s1. The third-order valence-corrected chi connectivity index (χ3v) is 6.46. The lowest BCUT2D eigenvalue weighted by molar-refractivity contribution is -0.384. The largest absolute Gasteiger partial charge is 0.495 e. The molecule has 0 aliphatic rings. The lowest BCUT2D eigenvalue weighted by Gasteiger charge is -2.31. The zero-order chi connectivity index (χ0) is 25.6. The van der Waals surface area contributed by atoms with Crippen LogP contribution in [0.2, 0.25) is 0 Å². The van der Waals surface area contributed by atoms with Gasteiger partial charge in [0.05, 0.1) is 18.3 Å². The molecule has 0 bridgehead atoms. The molecule has 1 atom stereocenters. The fraction of sp³-hybridized carbons (Fsp3) is 0.364. The minimum absolute atomic E-state index is 0.0358. The average molecular weight is 493 g/mol. The van der Waals surface area contributed by atoms with Crippen LogP contribution in [0.5, 0.6) is 5.75 Å². The molecule has 0 fully saturated rings. The molecule has 12 heteroatoms. The van der Waals surface area contributed by atoms with E-state index in [1.165, 1.54) is 38.1 Å². The van der Waals surface area contributed by atoms with Crippen LogP contribution in [-0.2, 0) is 26.2 Å². The summed E-state index contributed by atoms with van der Waals surface area (Å²) in [5.74, 6) is -1.06. The predicted molar refractivity (Wildman–Crippen MR) is 127 cm³/mol. The summed E-state index contributed by atoms with van der Waals surface area (Å²) in [6.07, 6.45) is 0.881. The molecular formula is C22H28N4O7S. The smallest absolute Gasteiger partial charge is 0.271 e. The summed E-state index contributed by atoms with van der Waals surface area (Å²) < 4.78 is 31.3. The average Bonchev–Trinajstić information content (AvgIpc) is 2.79. The maximum Gasteiger partial charge on any atom is 0.271 e. The number of amides is 2. The lowest BCUT2D eigenvalue weighted by Crippen LogP contribution is -2.50. The Morgan fingerprint density at radius 3 is 2.38 bits per heavy atom. The third-order valence-electron chi connectivity index (χ3n) is 5.34. The van der Waals surface area contributed by atoms with Gasteiger partial charge in [-0.2, -0.15) is 0 Å². The quantitative estimate of drug-likeness (QED) is 0.394. The van der Waals surface area contributed by atoms with Gasteiger partial charge in [-0.25, -0.2) is 8.42 Å². The molecule has 1 N–H and O–H groups in total. The Balaban J connectivity index is 2.53. The highest BCUT2D eigenvalue weighted by Gasteiger charge is 2.31. The fourth-order valence-electron chi connectivity index (χ4n) is 3.34. The van der Waals surface area contributed by atoms with Gasteiger partial charge in [0.1, 0.15) is 24.0 Å². The van der Waals surface area contributed by atoms with Gasteiger partial charge < -0.3 is 15.0 Å². The summed E-state index contributed by atoms with van der Waals surface area (Å²) in [5, 5.41) is 13.8. The second-order valence-electron chi connectivity index (χ2n) is 7.62. The van der Waals surface area contributed by atoms with Crippen LogP contribution in [0.3, 0.4) is 0 Å². The van der Waals surface area contributed by atoms with Gasteiger partial charge in [-0.15, -0.1) is 0 Å². The maximum absolute atomic E-state index is 13.4. The first kappa shape index (κ1) is 26.6. The Bertz CT molecular complexity index is 1180. The van der Waals surface area contributed by atoms with Crippen molar-refractivity contribution < 1.29 is 27.7 Å². The van der Waals surface area contributed by atoms with Crippen molar-refractivity contribution in [2.45, 2.75) is 26.4 Å². The number of aryl methyl sites for hydroxylation is 1. The number of anilines is 1. The normalized spacial score (nSPS) is 11.9. The van der Waals surface area contributed by atoms with Crippen molar-refractivity contribution in [3.8, 4) is 5.75 Å². The van der Waals surface area contributed by atoms with Crippen LogP contribution in [0.15, 0.2) is 42.5 Å². The Hall–Kier alpha value is -3.67. The number of hydrogen-bond acceptors (Lipinski definition) is 7. The van der Waals surface area contributed by atoms with Crippen LogP contribution in [0.1, 0.15) is 18.1 Å². The molecule has 0 aliphatic carbocycles. The monoisotopic (exact) mass is 492 g/mol. The molecule has 0 radical (unpaired) electrons. The number of rotatable bonds is 10. The Kier molecular flexibility index (Phi) is 8.57. The number of non-ortho nitro benzene ring substituents is 1. The highest BCUT2D eigenvalue weighted by atomic mass is 32.2. The number of nitrogens with one attached hydrogen (secondary N) is 1. The minimum atomic E-state index is -4.07. The van der Waals surface area contributed by atoms with E-state index in [1.54, 1.807) is 6.07 Å². The van der Waals surface area contributed by atoms with E-state index in [0.29, 0.717) is 0 Å². The number of sulfonamides is 1. The number of hydrogen-bond donors (Lipinski definition) is 1. The van der Waals surface area contributed by atoms with E-state index < -0.39 is 39.3 Å². The number of benzene rings is 2. The summed E-state index contributed by atoms with van der Waals surface area (Å²) >= 11 is 0. The van der Waals surface area contributed by atoms with E-state index in [0.717, 1.165) is 27.8 Å². The van der Waals surface area contributed by atoms with Crippen LogP contribution in [0, 0.1) is 17.0 Å². The molecule has 184 valence electrons. The van der Waals surface area contributed by atoms with E-state index >= 15 is 0 Å². The Labute approximate surface area is 198 Å². The van der Waals surface area contributed by atoms with Gasteiger partial charge in [-0.05, 0) is 31.0 Å². The molecule has 2 rings (SSSR count). The first-order valence-corrected chi connectivity index (χ1v) is 12.1. The number of ether oxygens (including phenoxy) is 1. The van der Waals surface area contributed by atoms with Crippen molar-refractivity contribution in [2.24, 2.45) is 0 Å². The van der Waals surface area contributed by atoms with Gasteiger partial charge in [0.25, 0.3) is 5.69 Å². The van der Waals surface area contributed by atoms with Crippen LogP contribution in [0.25, 0.3) is 0 Å². The molecule has 0 aliphatic heterocycles. The van der Waals surface area contributed by atoms with E-state index in [-0.39, 0.29) is 23.7 Å². The molecule has 2 aromatic carbocycles. The third kappa shape index (κ3) is 6.22. The second kappa shape index (κ2) is 11.0. The molecule has 0 heterocycles. The summed E-state index contributed by atoms with van der Waals surface area (Å²) in [4.78, 5) is 37.7. The van der Waals surface area contributed by atoms with E-state index in [4.69, 9.17) is 4.74 Å².